The Balaban J connectivity index is 2.08. The number of ether oxygens (including phenoxy) is 1. The lowest BCUT2D eigenvalue weighted by atomic mass is 10.2. The molecule has 1 N–H and O–H groups in total. The number of halogens is 2. The second kappa shape index (κ2) is 7.13. The maximum absolute atomic E-state index is 13.3. The first kappa shape index (κ1) is 15.4. The lowest BCUT2D eigenvalue weighted by Gasteiger charge is -2.14. The Morgan fingerprint density at radius 2 is 1.95 bits per heavy atom. The molecular weight excluding hydrogens is 274 g/mol. The average Bonchev–Trinajstić information content (AvgIpc) is 2.44. The van der Waals surface area contributed by atoms with Gasteiger partial charge in [0, 0.05) is 29.9 Å². The van der Waals surface area contributed by atoms with Crippen LogP contribution in [0, 0.1) is 11.6 Å². The molecule has 21 heavy (non-hydrogen) atoms. The van der Waals surface area contributed by atoms with Gasteiger partial charge in [-0.25, -0.2) is 8.78 Å². The second-order valence-corrected chi connectivity index (χ2v) is 5.09. The summed E-state index contributed by atoms with van der Waals surface area (Å²) in [6.07, 6.45) is 2.68. The molecule has 0 aliphatic rings. The van der Waals surface area contributed by atoms with E-state index in [9.17, 15) is 8.78 Å². The summed E-state index contributed by atoms with van der Waals surface area (Å²) < 4.78 is 32.1. The number of hydrogen-bond donors (Lipinski definition) is 1. The molecule has 3 nitrogen and oxygen atoms in total. The highest BCUT2D eigenvalue weighted by atomic mass is 19.1. The lowest BCUT2D eigenvalue weighted by molar-refractivity contribution is 0.300. The summed E-state index contributed by atoms with van der Waals surface area (Å²) in [5.41, 5.74) is 1.36. The molecule has 0 amide bonds. The van der Waals surface area contributed by atoms with Gasteiger partial charge in [-0.3, -0.25) is 4.98 Å². The quantitative estimate of drug-likeness (QED) is 0.885. The molecule has 1 aromatic heterocycles. The van der Waals surface area contributed by atoms with E-state index >= 15 is 0 Å². The number of hydrogen-bond acceptors (Lipinski definition) is 3. The SMILES string of the molecule is CC(C)NCc1cc(F)ccc1OCc1cncc(F)c1. The molecule has 0 saturated carbocycles. The van der Waals surface area contributed by atoms with Gasteiger partial charge in [0.15, 0.2) is 0 Å². The number of benzene rings is 1. The molecule has 0 aliphatic carbocycles. The highest BCUT2D eigenvalue weighted by Gasteiger charge is 2.07. The van der Waals surface area contributed by atoms with Crippen molar-refractivity contribution in [1.29, 1.82) is 0 Å². The highest BCUT2D eigenvalue weighted by molar-refractivity contribution is 5.34. The molecule has 0 atom stereocenters. The Morgan fingerprint density at radius 3 is 2.67 bits per heavy atom. The van der Waals surface area contributed by atoms with Gasteiger partial charge in [-0.15, -0.1) is 0 Å². The Kier molecular flexibility index (Phi) is 5.22. The third kappa shape index (κ3) is 4.79. The number of aromatic nitrogens is 1. The van der Waals surface area contributed by atoms with Crippen molar-refractivity contribution >= 4 is 0 Å². The standard InChI is InChI=1S/C16H18F2N2O/c1-11(2)20-8-13-6-14(17)3-4-16(13)21-10-12-5-15(18)9-19-7-12/h3-7,9,11,20H,8,10H2,1-2H3. The number of pyridine rings is 1. The van der Waals surface area contributed by atoms with Gasteiger partial charge < -0.3 is 10.1 Å². The Labute approximate surface area is 123 Å². The van der Waals surface area contributed by atoms with Gasteiger partial charge in [-0.1, -0.05) is 13.8 Å². The molecule has 0 fully saturated rings. The van der Waals surface area contributed by atoms with E-state index in [0.717, 1.165) is 11.8 Å². The van der Waals surface area contributed by atoms with E-state index < -0.39 is 5.82 Å². The van der Waals surface area contributed by atoms with Gasteiger partial charge >= 0.3 is 0 Å². The van der Waals surface area contributed by atoms with Gasteiger partial charge in [-0.05, 0) is 24.3 Å². The van der Waals surface area contributed by atoms with E-state index in [0.29, 0.717) is 17.9 Å². The Morgan fingerprint density at radius 1 is 1.14 bits per heavy atom. The van der Waals surface area contributed by atoms with Crippen LogP contribution in [0.1, 0.15) is 25.0 Å². The van der Waals surface area contributed by atoms with Crippen LogP contribution >= 0.6 is 0 Å². The summed E-state index contributed by atoms with van der Waals surface area (Å²) in [6.45, 7) is 4.72. The van der Waals surface area contributed by atoms with Crippen molar-refractivity contribution in [3.05, 3.63) is 59.4 Å². The van der Waals surface area contributed by atoms with Crippen molar-refractivity contribution in [2.75, 3.05) is 0 Å². The first-order chi connectivity index (χ1) is 10.0. The van der Waals surface area contributed by atoms with Crippen LogP contribution in [-0.4, -0.2) is 11.0 Å². The summed E-state index contributed by atoms with van der Waals surface area (Å²) in [5.74, 6) is -0.138. The Bertz CT molecular complexity index is 603. The zero-order valence-electron chi connectivity index (χ0n) is 12.1. The van der Waals surface area contributed by atoms with Crippen LogP contribution in [0.3, 0.4) is 0 Å². The van der Waals surface area contributed by atoms with Gasteiger partial charge in [0.1, 0.15) is 24.0 Å². The van der Waals surface area contributed by atoms with Crippen molar-refractivity contribution in [2.45, 2.75) is 33.0 Å². The third-order valence-corrected chi connectivity index (χ3v) is 2.88. The fourth-order valence-electron chi connectivity index (χ4n) is 1.84. The van der Waals surface area contributed by atoms with E-state index in [1.54, 1.807) is 12.3 Å². The molecular formula is C16H18F2N2O. The smallest absolute Gasteiger partial charge is 0.141 e. The zero-order chi connectivity index (χ0) is 15.2. The van der Waals surface area contributed by atoms with Crippen molar-refractivity contribution in [3.8, 4) is 5.75 Å². The maximum Gasteiger partial charge on any atom is 0.141 e. The molecule has 0 aliphatic heterocycles. The molecule has 5 heteroatoms. The van der Waals surface area contributed by atoms with Crippen molar-refractivity contribution in [3.63, 3.8) is 0 Å². The minimum Gasteiger partial charge on any atom is -0.489 e. The van der Waals surface area contributed by atoms with Crippen LogP contribution in [0.2, 0.25) is 0 Å². The minimum absolute atomic E-state index is 0.186. The summed E-state index contributed by atoms with van der Waals surface area (Å²) in [5, 5.41) is 3.22. The normalized spacial score (nSPS) is 10.9. The van der Waals surface area contributed by atoms with Crippen LogP contribution < -0.4 is 10.1 Å². The summed E-state index contributed by atoms with van der Waals surface area (Å²) in [4.78, 5) is 3.77. The maximum atomic E-state index is 13.3. The first-order valence-corrected chi connectivity index (χ1v) is 6.78. The van der Waals surface area contributed by atoms with Gasteiger partial charge in [0.25, 0.3) is 0 Å². The predicted molar refractivity (Wildman–Crippen MR) is 76.9 cm³/mol. The zero-order valence-corrected chi connectivity index (χ0v) is 12.1. The highest BCUT2D eigenvalue weighted by Crippen LogP contribution is 2.21. The predicted octanol–water partition coefficient (Wildman–Crippen LogP) is 3.44. The summed E-state index contributed by atoms with van der Waals surface area (Å²) in [6, 6.07) is 6.02. The molecule has 0 unspecified atom stereocenters. The molecule has 112 valence electrons. The van der Waals surface area contributed by atoms with Gasteiger partial charge in [0.05, 0.1) is 6.20 Å². The van der Waals surface area contributed by atoms with Crippen molar-refractivity contribution in [2.24, 2.45) is 0 Å². The van der Waals surface area contributed by atoms with Crippen LogP contribution in [0.4, 0.5) is 8.78 Å². The molecule has 2 rings (SSSR count). The molecule has 0 bridgehead atoms. The molecule has 1 heterocycles. The van der Waals surface area contributed by atoms with Crippen molar-refractivity contribution < 1.29 is 13.5 Å². The van der Waals surface area contributed by atoms with Crippen molar-refractivity contribution in [1.82, 2.24) is 10.3 Å². The van der Waals surface area contributed by atoms with Crippen LogP contribution in [0.25, 0.3) is 0 Å². The van der Waals surface area contributed by atoms with Gasteiger partial charge in [0.2, 0.25) is 0 Å². The van der Waals surface area contributed by atoms with Crippen LogP contribution in [0.15, 0.2) is 36.7 Å². The molecule has 0 spiro atoms. The fourth-order valence-corrected chi connectivity index (χ4v) is 1.84. The summed E-state index contributed by atoms with van der Waals surface area (Å²) in [7, 11) is 0. The first-order valence-electron chi connectivity index (χ1n) is 6.78. The number of nitrogens with one attached hydrogen (secondary N) is 1. The summed E-state index contributed by atoms with van der Waals surface area (Å²) >= 11 is 0. The fraction of sp³-hybridized carbons (Fsp3) is 0.312. The second-order valence-electron chi connectivity index (χ2n) is 5.09. The largest absolute Gasteiger partial charge is 0.489 e. The lowest BCUT2D eigenvalue weighted by Crippen LogP contribution is -2.22. The van der Waals surface area contributed by atoms with Crippen LogP contribution in [0.5, 0.6) is 5.75 Å². The molecule has 2 aromatic rings. The van der Waals surface area contributed by atoms with Crippen LogP contribution in [-0.2, 0) is 13.2 Å². The van der Waals surface area contributed by atoms with E-state index in [1.807, 2.05) is 13.8 Å². The van der Waals surface area contributed by atoms with E-state index in [4.69, 9.17) is 4.74 Å². The van der Waals surface area contributed by atoms with Gasteiger partial charge in [-0.2, -0.15) is 0 Å². The van der Waals surface area contributed by atoms with E-state index in [2.05, 4.69) is 10.3 Å². The average molecular weight is 292 g/mol. The topological polar surface area (TPSA) is 34.1 Å². The number of nitrogens with zero attached hydrogens (tertiary/aromatic N) is 1. The number of rotatable bonds is 6. The monoisotopic (exact) mass is 292 g/mol. The van der Waals surface area contributed by atoms with E-state index in [1.165, 1.54) is 18.2 Å². The van der Waals surface area contributed by atoms with E-state index in [-0.39, 0.29) is 18.5 Å². The Hall–Kier alpha value is -2.01. The third-order valence-electron chi connectivity index (χ3n) is 2.88. The molecule has 1 aromatic carbocycles. The molecule has 0 radical (unpaired) electrons. The molecule has 0 saturated heterocycles. The minimum atomic E-state index is -0.406.